The van der Waals surface area contributed by atoms with E-state index in [2.05, 4.69) is 31.3 Å². The van der Waals surface area contributed by atoms with E-state index < -0.39 is 0 Å². The van der Waals surface area contributed by atoms with Crippen molar-refractivity contribution in [2.24, 2.45) is 5.92 Å². The minimum Gasteiger partial charge on any atom is -0.348 e. The molecule has 1 unspecified atom stereocenters. The van der Waals surface area contributed by atoms with Crippen LogP contribution in [0.5, 0.6) is 0 Å². The number of nitrogens with one attached hydrogen (secondary N) is 1. The van der Waals surface area contributed by atoms with E-state index in [0.29, 0.717) is 17.6 Å². The molecule has 4 heteroatoms. The molecule has 1 amide bonds. The first kappa shape index (κ1) is 20.1. The van der Waals surface area contributed by atoms with Crippen molar-refractivity contribution in [1.29, 1.82) is 0 Å². The van der Waals surface area contributed by atoms with E-state index in [0.717, 1.165) is 17.5 Å². The van der Waals surface area contributed by atoms with Crippen molar-refractivity contribution >= 4 is 23.2 Å². The standard InChI is InChI=1S/C22H28N2OS/c1-16(2)14-18-10-12-20(13-11-18)17(3)21(25)23-22(26)24(4)15-19-8-6-5-7-9-19/h5-13,16-17H,14-15H2,1-4H3,(H,23,25,26). The Morgan fingerprint density at radius 1 is 1.00 bits per heavy atom. The van der Waals surface area contributed by atoms with E-state index in [1.807, 2.05) is 61.3 Å². The highest BCUT2D eigenvalue weighted by Gasteiger charge is 2.18. The fourth-order valence-electron chi connectivity index (χ4n) is 2.80. The van der Waals surface area contributed by atoms with Gasteiger partial charge in [-0.2, -0.15) is 0 Å². The molecule has 138 valence electrons. The Morgan fingerprint density at radius 2 is 1.62 bits per heavy atom. The lowest BCUT2D eigenvalue weighted by atomic mass is 9.96. The Morgan fingerprint density at radius 3 is 2.19 bits per heavy atom. The van der Waals surface area contributed by atoms with Crippen LogP contribution in [0.1, 0.15) is 43.4 Å². The molecule has 0 spiro atoms. The lowest BCUT2D eigenvalue weighted by molar-refractivity contribution is -0.120. The summed E-state index contributed by atoms with van der Waals surface area (Å²) in [6.07, 6.45) is 1.05. The van der Waals surface area contributed by atoms with Crippen molar-refractivity contribution in [3.63, 3.8) is 0 Å². The maximum Gasteiger partial charge on any atom is 0.233 e. The van der Waals surface area contributed by atoms with Gasteiger partial charge in [-0.25, -0.2) is 0 Å². The van der Waals surface area contributed by atoms with Crippen molar-refractivity contribution in [1.82, 2.24) is 10.2 Å². The zero-order chi connectivity index (χ0) is 19.1. The van der Waals surface area contributed by atoms with Gasteiger partial charge in [0.25, 0.3) is 0 Å². The van der Waals surface area contributed by atoms with Gasteiger partial charge in [-0.05, 0) is 48.2 Å². The second-order valence-electron chi connectivity index (χ2n) is 7.20. The summed E-state index contributed by atoms with van der Waals surface area (Å²) in [5.41, 5.74) is 3.46. The second-order valence-corrected chi connectivity index (χ2v) is 7.58. The van der Waals surface area contributed by atoms with Gasteiger partial charge in [0, 0.05) is 13.6 Å². The SMILES string of the molecule is CC(C)Cc1ccc(C(C)C(=O)NC(=S)N(C)Cc2ccccc2)cc1. The molecule has 0 aliphatic rings. The molecule has 26 heavy (non-hydrogen) atoms. The van der Waals surface area contributed by atoms with E-state index in [1.54, 1.807) is 0 Å². The Bertz CT molecular complexity index is 726. The molecule has 1 N–H and O–H groups in total. The molecular formula is C22H28N2OS. The zero-order valence-electron chi connectivity index (χ0n) is 16.0. The van der Waals surface area contributed by atoms with Gasteiger partial charge in [0.15, 0.2) is 5.11 Å². The number of nitrogens with zero attached hydrogens (tertiary/aromatic N) is 1. The monoisotopic (exact) mass is 368 g/mol. The van der Waals surface area contributed by atoms with E-state index in [9.17, 15) is 4.79 Å². The lowest BCUT2D eigenvalue weighted by Crippen LogP contribution is -2.41. The molecule has 0 saturated heterocycles. The summed E-state index contributed by atoms with van der Waals surface area (Å²) in [6.45, 7) is 6.98. The minimum absolute atomic E-state index is 0.0773. The van der Waals surface area contributed by atoms with Crippen LogP contribution < -0.4 is 5.32 Å². The summed E-state index contributed by atoms with van der Waals surface area (Å²) >= 11 is 5.38. The topological polar surface area (TPSA) is 32.3 Å². The zero-order valence-corrected chi connectivity index (χ0v) is 16.8. The van der Waals surface area contributed by atoms with Crippen molar-refractivity contribution in [3.05, 3.63) is 71.3 Å². The summed E-state index contributed by atoms with van der Waals surface area (Å²) in [6, 6.07) is 18.4. The first-order valence-electron chi connectivity index (χ1n) is 9.05. The number of thiocarbonyl (C=S) groups is 1. The largest absolute Gasteiger partial charge is 0.348 e. The maximum absolute atomic E-state index is 12.5. The van der Waals surface area contributed by atoms with E-state index in [1.165, 1.54) is 5.56 Å². The first-order chi connectivity index (χ1) is 12.4. The minimum atomic E-state index is -0.244. The quantitative estimate of drug-likeness (QED) is 0.761. The molecule has 2 aromatic rings. The van der Waals surface area contributed by atoms with Crippen LogP contribution in [0.2, 0.25) is 0 Å². The number of benzene rings is 2. The van der Waals surface area contributed by atoms with Gasteiger partial charge in [-0.1, -0.05) is 68.4 Å². The Labute approximate surface area is 162 Å². The van der Waals surface area contributed by atoms with Crippen molar-refractivity contribution in [3.8, 4) is 0 Å². The normalized spacial score (nSPS) is 11.9. The third kappa shape index (κ3) is 5.95. The number of hydrogen-bond acceptors (Lipinski definition) is 2. The van der Waals surface area contributed by atoms with E-state index in [4.69, 9.17) is 12.2 Å². The molecule has 0 radical (unpaired) electrons. The molecule has 2 rings (SSSR count). The molecular weight excluding hydrogens is 340 g/mol. The molecule has 3 nitrogen and oxygen atoms in total. The molecule has 0 saturated carbocycles. The van der Waals surface area contributed by atoms with Gasteiger partial charge in [0.1, 0.15) is 0 Å². The first-order valence-corrected chi connectivity index (χ1v) is 9.46. The Kier molecular flexibility index (Phi) is 7.34. The Balaban J connectivity index is 1.92. The van der Waals surface area contributed by atoms with Crippen molar-refractivity contribution in [2.45, 2.75) is 39.7 Å². The molecule has 0 fully saturated rings. The van der Waals surface area contributed by atoms with Gasteiger partial charge in [-0.15, -0.1) is 0 Å². The van der Waals surface area contributed by atoms with Crippen LogP contribution in [-0.4, -0.2) is 23.0 Å². The Hall–Kier alpha value is -2.20. The second kappa shape index (κ2) is 9.48. The average molecular weight is 369 g/mol. The third-order valence-electron chi connectivity index (χ3n) is 4.36. The van der Waals surface area contributed by atoms with Gasteiger partial charge in [0.2, 0.25) is 5.91 Å². The summed E-state index contributed by atoms with van der Waals surface area (Å²) in [7, 11) is 1.89. The van der Waals surface area contributed by atoms with Gasteiger partial charge in [-0.3, -0.25) is 4.79 Å². The highest BCUT2D eigenvalue weighted by Crippen LogP contribution is 2.18. The molecule has 0 aliphatic heterocycles. The fraction of sp³-hybridized carbons (Fsp3) is 0.364. The average Bonchev–Trinajstić information content (AvgIpc) is 2.62. The van der Waals surface area contributed by atoms with Crippen LogP contribution in [0.4, 0.5) is 0 Å². The molecule has 0 aromatic heterocycles. The third-order valence-corrected chi connectivity index (χ3v) is 4.77. The highest BCUT2D eigenvalue weighted by molar-refractivity contribution is 7.80. The van der Waals surface area contributed by atoms with Crippen LogP contribution in [-0.2, 0) is 17.8 Å². The molecule has 0 aliphatic carbocycles. The van der Waals surface area contributed by atoms with Crippen molar-refractivity contribution in [2.75, 3.05) is 7.05 Å². The summed E-state index contributed by atoms with van der Waals surface area (Å²) < 4.78 is 0. The van der Waals surface area contributed by atoms with E-state index >= 15 is 0 Å². The lowest BCUT2D eigenvalue weighted by Gasteiger charge is -2.22. The molecule has 2 aromatic carbocycles. The molecule has 0 heterocycles. The number of hydrogen-bond donors (Lipinski definition) is 1. The predicted molar refractivity (Wildman–Crippen MR) is 112 cm³/mol. The fourth-order valence-corrected chi connectivity index (χ4v) is 2.97. The summed E-state index contributed by atoms with van der Waals surface area (Å²) in [4.78, 5) is 14.4. The highest BCUT2D eigenvalue weighted by atomic mass is 32.1. The van der Waals surface area contributed by atoms with Crippen LogP contribution in [0.15, 0.2) is 54.6 Å². The maximum atomic E-state index is 12.5. The number of carbonyl (C=O) groups is 1. The molecule has 0 bridgehead atoms. The predicted octanol–water partition coefficient (Wildman–Crippen LogP) is 4.52. The summed E-state index contributed by atoms with van der Waals surface area (Å²) in [5, 5.41) is 3.31. The van der Waals surface area contributed by atoms with Crippen LogP contribution in [0, 0.1) is 5.92 Å². The van der Waals surface area contributed by atoms with Crippen LogP contribution in [0.3, 0.4) is 0 Å². The van der Waals surface area contributed by atoms with Gasteiger partial charge in [0.05, 0.1) is 5.92 Å². The summed E-state index contributed by atoms with van der Waals surface area (Å²) in [5.74, 6) is 0.303. The van der Waals surface area contributed by atoms with Crippen LogP contribution >= 0.6 is 12.2 Å². The van der Waals surface area contributed by atoms with Crippen LogP contribution in [0.25, 0.3) is 0 Å². The number of carbonyl (C=O) groups excluding carboxylic acids is 1. The van der Waals surface area contributed by atoms with E-state index in [-0.39, 0.29) is 11.8 Å². The molecule has 1 atom stereocenters. The van der Waals surface area contributed by atoms with Gasteiger partial charge < -0.3 is 10.2 Å². The van der Waals surface area contributed by atoms with Gasteiger partial charge >= 0.3 is 0 Å². The van der Waals surface area contributed by atoms with Crippen molar-refractivity contribution < 1.29 is 4.79 Å². The number of rotatable bonds is 6. The number of amides is 1. The smallest absolute Gasteiger partial charge is 0.233 e.